The maximum Gasteiger partial charge on any atom is 0.364 e. The molecule has 0 radical (unpaired) electrons. The van der Waals surface area contributed by atoms with Crippen LogP contribution in [0.5, 0.6) is 5.75 Å². The standard InChI is InChI=1S/C41H64N2O22/c1-19-11-12-22(48)21(14-19)37(56)43-29-34(31(53)25(17-45)61-38(29)60-13-9-7-5-4-6-8-10-27(51)59-3)63-39-33(55)36(32(54)26(18-46)62-39)65-41(40(57)58)15-23(49)28(42-20(2)47)35(64-41)30(52)24(50)16-44/h11-12,14,23-26,28-36,38-39,44-46,48-50,52-55H,4-10,13,15-18H2,1-3H3,(H,42,47)(H,43,56)(H,57,58)/t23?,24?,25?,26?,28-,29?,30?,31+,32-,33?,34?,35?,36?,38-,39?,41+/m1/s1. The third kappa shape index (κ3) is 13.7. The third-order valence-electron chi connectivity index (χ3n) is 11.5. The van der Waals surface area contributed by atoms with E-state index in [1.54, 1.807) is 13.0 Å². The highest BCUT2D eigenvalue weighted by atomic mass is 16.8. The van der Waals surface area contributed by atoms with Crippen molar-refractivity contribution in [1.82, 2.24) is 10.6 Å². The van der Waals surface area contributed by atoms with E-state index in [0.717, 1.165) is 26.2 Å². The Labute approximate surface area is 373 Å². The van der Waals surface area contributed by atoms with Crippen LogP contribution in [0.1, 0.15) is 74.2 Å². The number of phenolic OH excluding ortho intramolecular Hbond substituents is 1. The Morgan fingerprint density at radius 2 is 1.46 bits per heavy atom. The van der Waals surface area contributed by atoms with Gasteiger partial charge in [0.2, 0.25) is 5.91 Å². The predicted molar refractivity (Wildman–Crippen MR) is 216 cm³/mol. The first-order valence-corrected chi connectivity index (χ1v) is 21.3. The van der Waals surface area contributed by atoms with Crippen LogP contribution in [0.15, 0.2) is 18.2 Å². The fourth-order valence-electron chi connectivity index (χ4n) is 7.89. The number of rotatable bonds is 23. The van der Waals surface area contributed by atoms with Crippen molar-refractivity contribution in [3.63, 3.8) is 0 Å². The largest absolute Gasteiger partial charge is 0.507 e. The Morgan fingerprint density at radius 1 is 0.846 bits per heavy atom. The first kappa shape index (κ1) is 53.9. The average molecular weight is 937 g/mol. The lowest BCUT2D eigenvalue weighted by Crippen LogP contribution is -2.71. The van der Waals surface area contributed by atoms with Crippen molar-refractivity contribution in [2.24, 2.45) is 0 Å². The molecule has 0 aromatic heterocycles. The molecule has 16 atom stereocenters. The number of unbranched alkanes of at least 4 members (excludes halogenated alkanes) is 5. The van der Waals surface area contributed by atoms with Gasteiger partial charge < -0.3 is 100.0 Å². The molecule has 1 aromatic rings. The molecule has 4 rings (SSSR count). The lowest BCUT2D eigenvalue weighted by atomic mass is 9.88. The van der Waals surface area contributed by atoms with E-state index in [4.69, 9.17) is 28.4 Å². The molecule has 0 aliphatic carbocycles. The topological polar surface area (TPSA) is 379 Å². The van der Waals surface area contributed by atoms with E-state index in [1.807, 2.05) is 0 Å². The second kappa shape index (κ2) is 24.9. The zero-order valence-corrected chi connectivity index (χ0v) is 36.3. The van der Waals surface area contributed by atoms with Gasteiger partial charge in [-0.15, -0.1) is 0 Å². The number of benzene rings is 1. The van der Waals surface area contributed by atoms with Crippen LogP contribution in [0, 0.1) is 6.92 Å². The Hall–Kier alpha value is -3.70. The Morgan fingerprint density at radius 3 is 2.06 bits per heavy atom. The van der Waals surface area contributed by atoms with Gasteiger partial charge in [0, 0.05) is 26.4 Å². The summed E-state index contributed by atoms with van der Waals surface area (Å²) in [6.45, 7) is -0.213. The molecule has 1 aromatic carbocycles. The van der Waals surface area contributed by atoms with Crippen molar-refractivity contribution in [2.45, 2.75) is 163 Å². The number of amides is 2. The van der Waals surface area contributed by atoms with Crippen LogP contribution in [-0.4, -0.2) is 211 Å². The highest BCUT2D eigenvalue weighted by molar-refractivity contribution is 5.97. The van der Waals surface area contributed by atoms with Crippen molar-refractivity contribution < 1.29 is 109 Å². The van der Waals surface area contributed by atoms with E-state index in [0.29, 0.717) is 31.2 Å². The average Bonchev–Trinajstić information content (AvgIpc) is 3.27. The van der Waals surface area contributed by atoms with Crippen molar-refractivity contribution in [3.05, 3.63) is 29.3 Å². The van der Waals surface area contributed by atoms with Crippen molar-refractivity contribution >= 4 is 23.8 Å². The molecule has 370 valence electrons. The number of hydrogen-bond acceptors (Lipinski definition) is 21. The number of ether oxygens (including phenoxy) is 7. The summed E-state index contributed by atoms with van der Waals surface area (Å²) in [6, 6.07) is 1.06. The van der Waals surface area contributed by atoms with Crippen LogP contribution in [0.2, 0.25) is 0 Å². The van der Waals surface area contributed by atoms with Gasteiger partial charge in [-0.1, -0.05) is 37.3 Å². The maximum atomic E-state index is 13.8. The van der Waals surface area contributed by atoms with Gasteiger partial charge in [0.15, 0.2) is 12.6 Å². The van der Waals surface area contributed by atoms with E-state index in [-0.39, 0.29) is 18.1 Å². The molecule has 24 heteroatoms. The van der Waals surface area contributed by atoms with Gasteiger partial charge in [-0.3, -0.25) is 14.4 Å². The minimum atomic E-state index is -3.10. The van der Waals surface area contributed by atoms with Gasteiger partial charge >= 0.3 is 11.9 Å². The first-order chi connectivity index (χ1) is 30.8. The highest BCUT2D eigenvalue weighted by Gasteiger charge is 2.60. The summed E-state index contributed by atoms with van der Waals surface area (Å²) in [6.07, 6.45) is -21.6. The van der Waals surface area contributed by atoms with Crippen LogP contribution in [0.3, 0.4) is 0 Å². The SMILES string of the molecule is COC(=O)CCCCCCCCO[C@@H]1OC(CO)[C@H](O)C(OC2OC(CO)[C@@H](O)C(O[C@]3(C(=O)O)CC(O)[C@@H](NC(C)=O)C(C(O)C(O)CO)O3)C2O)C1NC(=O)c1cc(C)ccc1O. The quantitative estimate of drug-likeness (QED) is 0.0369. The van der Waals surface area contributed by atoms with Crippen LogP contribution >= 0.6 is 0 Å². The van der Waals surface area contributed by atoms with Crippen LogP contribution in [-0.2, 0) is 47.5 Å². The molecule has 65 heavy (non-hydrogen) atoms. The number of carboxylic acid groups (broad SMARTS) is 1. The fraction of sp³-hybridized carbons (Fsp3) is 0.756. The van der Waals surface area contributed by atoms with Crippen molar-refractivity contribution in [3.8, 4) is 5.75 Å². The Bertz CT molecular complexity index is 1710. The Kier molecular flexibility index (Phi) is 20.6. The summed E-state index contributed by atoms with van der Waals surface area (Å²) in [4.78, 5) is 50.2. The minimum absolute atomic E-state index is 0.0179. The lowest BCUT2D eigenvalue weighted by Gasteiger charge is -2.51. The molecule has 13 N–H and O–H groups in total. The number of carbonyl (C=O) groups is 4. The monoisotopic (exact) mass is 936 g/mol. The van der Waals surface area contributed by atoms with Crippen molar-refractivity contribution in [1.29, 1.82) is 0 Å². The summed E-state index contributed by atoms with van der Waals surface area (Å²) in [5.41, 5.74) is 0.380. The molecule has 24 nitrogen and oxygen atoms in total. The van der Waals surface area contributed by atoms with Crippen LogP contribution < -0.4 is 10.6 Å². The summed E-state index contributed by atoms with van der Waals surface area (Å²) in [7, 11) is 1.32. The molecule has 11 unspecified atom stereocenters. The normalized spacial score (nSPS) is 33.7. The zero-order chi connectivity index (χ0) is 48.2. The molecule has 3 aliphatic rings. The third-order valence-corrected chi connectivity index (χ3v) is 11.5. The molecule has 3 heterocycles. The maximum absolute atomic E-state index is 13.8. The second-order valence-electron chi connectivity index (χ2n) is 16.3. The number of carboxylic acids is 1. The van der Waals surface area contributed by atoms with E-state index in [1.165, 1.54) is 19.2 Å². The van der Waals surface area contributed by atoms with E-state index in [2.05, 4.69) is 15.4 Å². The molecule has 2 amide bonds. The van der Waals surface area contributed by atoms with Crippen LogP contribution in [0.25, 0.3) is 0 Å². The van der Waals surface area contributed by atoms with Gasteiger partial charge in [-0.2, -0.15) is 0 Å². The van der Waals surface area contributed by atoms with Gasteiger partial charge in [0.25, 0.3) is 11.7 Å². The number of esters is 1. The number of aliphatic hydroxyl groups excluding tert-OH is 9. The molecule has 3 aliphatic heterocycles. The predicted octanol–water partition coefficient (Wildman–Crippen LogP) is -3.84. The summed E-state index contributed by atoms with van der Waals surface area (Å²) >= 11 is 0. The van der Waals surface area contributed by atoms with Gasteiger partial charge in [0.05, 0.1) is 44.6 Å². The summed E-state index contributed by atoms with van der Waals surface area (Å²) in [5, 5.41) is 123. The molecule has 0 bridgehead atoms. The second-order valence-corrected chi connectivity index (χ2v) is 16.3. The lowest BCUT2D eigenvalue weighted by molar-refractivity contribution is -0.381. The summed E-state index contributed by atoms with van der Waals surface area (Å²) in [5.74, 6) is -7.49. The molecule has 0 saturated carbocycles. The number of nitrogens with one attached hydrogen (secondary N) is 2. The number of hydrogen-bond donors (Lipinski definition) is 13. The molecule has 3 fully saturated rings. The molecular weight excluding hydrogens is 872 g/mol. The number of aromatic hydroxyl groups is 1. The highest BCUT2D eigenvalue weighted by Crippen LogP contribution is 2.38. The molecule has 3 saturated heterocycles. The smallest absolute Gasteiger partial charge is 0.364 e. The number of methoxy groups -OCH3 is 1. The number of phenols is 1. The number of aliphatic carboxylic acids is 1. The van der Waals surface area contributed by atoms with Crippen molar-refractivity contribution in [2.75, 3.05) is 33.5 Å². The minimum Gasteiger partial charge on any atom is -0.507 e. The molecule has 0 spiro atoms. The van der Waals surface area contributed by atoms with Crippen LogP contribution in [0.4, 0.5) is 0 Å². The zero-order valence-electron chi connectivity index (χ0n) is 36.3. The van der Waals surface area contributed by atoms with E-state index >= 15 is 0 Å². The number of aryl methyl sites for hydroxylation is 1. The van der Waals surface area contributed by atoms with E-state index < -0.39 is 147 Å². The Balaban J connectivity index is 1.64. The fourth-order valence-corrected chi connectivity index (χ4v) is 7.89. The van der Waals surface area contributed by atoms with Gasteiger partial charge in [-0.05, 0) is 31.9 Å². The number of carbonyl (C=O) groups excluding carboxylic acids is 3. The van der Waals surface area contributed by atoms with Gasteiger partial charge in [0.1, 0.15) is 72.8 Å². The van der Waals surface area contributed by atoms with E-state index in [9.17, 15) is 75.3 Å². The number of aliphatic hydroxyl groups is 9. The first-order valence-electron chi connectivity index (χ1n) is 21.3. The molecular formula is C41H64N2O22. The summed E-state index contributed by atoms with van der Waals surface area (Å²) < 4.78 is 39.8. The van der Waals surface area contributed by atoms with Gasteiger partial charge in [-0.25, -0.2) is 4.79 Å².